The molecule has 0 spiro atoms. The molecule has 25 heavy (non-hydrogen) atoms. The highest BCUT2D eigenvalue weighted by Crippen LogP contribution is 2.28. The summed E-state index contributed by atoms with van der Waals surface area (Å²) >= 11 is 17.6. The number of pyridine rings is 2. The fraction of sp³-hybridized carbons (Fsp3) is 0. The maximum Gasteiger partial charge on any atom is 0.255 e. The van der Waals surface area contributed by atoms with E-state index in [-0.39, 0.29) is 21.4 Å². The number of hydrogen-bond acceptors (Lipinski definition) is 3. The number of carbonyl (C=O) groups excluding carboxylic acids is 1. The highest BCUT2D eigenvalue weighted by atomic mass is 35.5. The highest BCUT2D eigenvalue weighted by molar-refractivity contribution is 6.33. The van der Waals surface area contributed by atoms with Crippen LogP contribution in [0.15, 0.2) is 48.7 Å². The number of anilines is 1. The second-order valence-corrected chi connectivity index (χ2v) is 6.17. The standard InChI is InChI=1S/C17H9Cl3FN3O/c18-12-2-1-5-22-16(12)11-4-3-9(6-13(11)21)17(25)23-10-7-14(19)24-15(20)8-10/h1-8H,(H,23,24,25). The Balaban J connectivity index is 1.87. The maximum atomic E-state index is 14.4. The first-order chi connectivity index (χ1) is 11.9. The molecule has 1 N–H and O–H groups in total. The first-order valence-corrected chi connectivity index (χ1v) is 8.12. The van der Waals surface area contributed by atoms with Crippen LogP contribution in [0.3, 0.4) is 0 Å². The van der Waals surface area contributed by atoms with Crippen molar-refractivity contribution in [3.8, 4) is 11.3 Å². The van der Waals surface area contributed by atoms with Crippen LogP contribution >= 0.6 is 34.8 Å². The first kappa shape index (κ1) is 17.6. The zero-order chi connectivity index (χ0) is 18.0. The van der Waals surface area contributed by atoms with Gasteiger partial charge in [0.15, 0.2) is 0 Å². The SMILES string of the molecule is O=C(Nc1cc(Cl)nc(Cl)c1)c1ccc(-c2ncccc2Cl)c(F)c1. The molecular formula is C17H9Cl3FN3O. The fourth-order valence-corrected chi connectivity index (χ4v) is 2.86. The number of amides is 1. The van der Waals surface area contributed by atoms with Gasteiger partial charge < -0.3 is 5.32 Å². The average Bonchev–Trinajstić information content (AvgIpc) is 2.54. The summed E-state index contributed by atoms with van der Waals surface area (Å²) in [6.07, 6.45) is 1.51. The minimum absolute atomic E-state index is 0.123. The largest absolute Gasteiger partial charge is 0.322 e. The summed E-state index contributed by atoms with van der Waals surface area (Å²) in [6.45, 7) is 0. The predicted molar refractivity (Wildman–Crippen MR) is 96.9 cm³/mol. The second kappa shape index (κ2) is 7.35. The van der Waals surface area contributed by atoms with Crippen LogP contribution in [0.1, 0.15) is 10.4 Å². The van der Waals surface area contributed by atoms with Gasteiger partial charge in [0.1, 0.15) is 16.1 Å². The lowest BCUT2D eigenvalue weighted by Gasteiger charge is -2.09. The van der Waals surface area contributed by atoms with E-state index in [0.717, 1.165) is 6.07 Å². The van der Waals surface area contributed by atoms with E-state index < -0.39 is 11.7 Å². The van der Waals surface area contributed by atoms with Crippen LogP contribution in [0, 0.1) is 5.82 Å². The number of carbonyl (C=O) groups is 1. The van der Waals surface area contributed by atoms with E-state index >= 15 is 0 Å². The van der Waals surface area contributed by atoms with E-state index in [4.69, 9.17) is 34.8 Å². The van der Waals surface area contributed by atoms with Crippen molar-refractivity contribution >= 4 is 46.4 Å². The van der Waals surface area contributed by atoms with Crippen LogP contribution in [-0.2, 0) is 0 Å². The van der Waals surface area contributed by atoms with E-state index in [1.165, 1.54) is 30.5 Å². The maximum absolute atomic E-state index is 14.4. The Morgan fingerprint density at radius 2 is 1.76 bits per heavy atom. The minimum Gasteiger partial charge on any atom is -0.322 e. The minimum atomic E-state index is -0.612. The normalized spacial score (nSPS) is 10.6. The van der Waals surface area contributed by atoms with Crippen molar-refractivity contribution < 1.29 is 9.18 Å². The topological polar surface area (TPSA) is 54.9 Å². The van der Waals surface area contributed by atoms with Gasteiger partial charge in [-0.1, -0.05) is 34.8 Å². The Bertz CT molecular complexity index is 945. The first-order valence-electron chi connectivity index (χ1n) is 6.99. The number of nitrogens with one attached hydrogen (secondary N) is 1. The molecule has 0 aliphatic carbocycles. The van der Waals surface area contributed by atoms with Crippen molar-refractivity contribution in [3.63, 3.8) is 0 Å². The Hall–Kier alpha value is -2.21. The van der Waals surface area contributed by atoms with Gasteiger partial charge in [0, 0.05) is 23.0 Å². The van der Waals surface area contributed by atoms with E-state index in [9.17, 15) is 9.18 Å². The molecule has 0 saturated carbocycles. The third-order valence-electron chi connectivity index (χ3n) is 3.27. The molecule has 1 aromatic carbocycles. The third kappa shape index (κ3) is 4.07. The molecule has 0 saturated heterocycles. The number of aromatic nitrogens is 2. The molecule has 0 fully saturated rings. The zero-order valence-corrected chi connectivity index (χ0v) is 14.7. The van der Waals surface area contributed by atoms with E-state index in [2.05, 4.69) is 15.3 Å². The van der Waals surface area contributed by atoms with Gasteiger partial charge in [-0.2, -0.15) is 0 Å². The number of rotatable bonds is 3. The fourth-order valence-electron chi connectivity index (χ4n) is 2.17. The Morgan fingerprint density at radius 1 is 1.04 bits per heavy atom. The molecule has 8 heteroatoms. The molecule has 3 aromatic rings. The molecule has 1 amide bonds. The summed E-state index contributed by atoms with van der Waals surface area (Å²) in [6, 6.07) is 10.2. The molecule has 4 nitrogen and oxygen atoms in total. The van der Waals surface area contributed by atoms with E-state index in [1.807, 2.05) is 0 Å². The Labute approximate surface area is 157 Å². The van der Waals surface area contributed by atoms with Crippen molar-refractivity contribution in [2.45, 2.75) is 0 Å². The number of halogens is 4. The summed E-state index contributed by atoms with van der Waals surface area (Å²) in [7, 11) is 0. The molecular weight excluding hydrogens is 388 g/mol. The molecule has 0 bridgehead atoms. The molecule has 2 heterocycles. The van der Waals surface area contributed by atoms with Crippen LogP contribution < -0.4 is 5.32 Å². The van der Waals surface area contributed by atoms with Gasteiger partial charge in [-0.3, -0.25) is 9.78 Å². The van der Waals surface area contributed by atoms with Gasteiger partial charge >= 0.3 is 0 Å². The molecule has 0 aliphatic heterocycles. The van der Waals surface area contributed by atoms with Gasteiger partial charge in [-0.05, 0) is 42.5 Å². The van der Waals surface area contributed by atoms with Crippen molar-refractivity contribution in [3.05, 3.63) is 75.4 Å². The summed E-state index contributed by atoms with van der Waals surface area (Å²) in [5.74, 6) is -1.13. The van der Waals surface area contributed by atoms with E-state index in [1.54, 1.807) is 12.1 Å². The Kier molecular flexibility index (Phi) is 5.18. The van der Waals surface area contributed by atoms with Crippen LogP contribution in [0.25, 0.3) is 11.3 Å². The number of nitrogens with zero attached hydrogens (tertiary/aromatic N) is 2. The van der Waals surface area contributed by atoms with Gasteiger partial charge in [0.2, 0.25) is 0 Å². The molecule has 2 aromatic heterocycles. The summed E-state index contributed by atoms with van der Waals surface area (Å²) in [5.41, 5.74) is 0.989. The summed E-state index contributed by atoms with van der Waals surface area (Å²) in [5, 5.41) is 3.17. The van der Waals surface area contributed by atoms with Crippen molar-refractivity contribution in [1.29, 1.82) is 0 Å². The number of benzene rings is 1. The average molecular weight is 397 g/mol. The van der Waals surface area contributed by atoms with Crippen LogP contribution in [-0.4, -0.2) is 15.9 Å². The molecule has 0 radical (unpaired) electrons. The van der Waals surface area contributed by atoms with E-state index in [0.29, 0.717) is 16.4 Å². The van der Waals surface area contributed by atoms with Gasteiger partial charge in [0.05, 0.1) is 10.7 Å². The lowest BCUT2D eigenvalue weighted by Crippen LogP contribution is -2.12. The summed E-state index contributed by atoms with van der Waals surface area (Å²) < 4.78 is 14.4. The van der Waals surface area contributed by atoms with Crippen molar-refractivity contribution in [2.24, 2.45) is 0 Å². The van der Waals surface area contributed by atoms with Crippen LogP contribution in [0.4, 0.5) is 10.1 Å². The Morgan fingerprint density at radius 3 is 2.40 bits per heavy atom. The molecule has 0 atom stereocenters. The monoisotopic (exact) mass is 395 g/mol. The lowest BCUT2D eigenvalue weighted by molar-refractivity contribution is 0.102. The van der Waals surface area contributed by atoms with Crippen LogP contribution in [0.5, 0.6) is 0 Å². The third-order valence-corrected chi connectivity index (χ3v) is 3.96. The predicted octanol–water partition coefficient (Wildman–Crippen LogP) is 5.50. The van der Waals surface area contributed by atoms with Crippen molar-refractivity contribution in [1.82, 2.24) is 9.97 Å². The van der Waals surface area contributed by atoms with Crippen molar-refractivity contribution in [2.75, 3.05) is 5.32 Å². The quantitative estimate of drug-likeness (QED) is 0.595. The molecule has 0 aliphatic rings. The van der Waals surface area contributed by atoms with Gasteiger partial charge in [-0.15, -0.1) is 0 Å². The summed E-state index contributed by atoms with van der Waals surface area (Å²) in [4.78, 5) is 20.1. The molecule has 0 unspecified atom stereocenters. The molecule has 3 rings (SSSR count). The molecule has 126 valence electrons. The lowest BCUT2D eigenvalue weighted by atomic mass is 10.1. The second-order valence-electron chi connectivity index (χ2n) is 4.98. The zero-order valence-electron chi connectivity index (χ0n) is 12.4. The van der Waals surface area contributed by atoms with Gasteiger partial charge in [-0.25, -0.2) is 9.37 Å². The highest BCUT2D eigenvalue weighted by Gasteiger charge is 2.14. The number of hydrogen-bond donors (Lipinski definition) is 1. The smallest absolute Gasteiger partial charge is 0.255 e. The van der Waals surface area contributed by atoms with Gasteiger partial charge in [0.25, 0.3) is 5.91 Å². The van der Waals surface area contributed by atoms with Crippen LogP contribution in [0.2, 0.25) is 15.3 Å².